The molecule has 0 aliphatic carbocycles. The molecule has 0 saturated carbocycles. The number of carbonyl (C=O) groups excluding carboxylic acids is 1. The van der Waals surface area contributed by atoms with Crippen LogP contribution in [0.15, 0.2) is 12.4 Å². The van der Waals surface area contributed by atoms with Crippen molar-refractivity contribution in [3.05, 3.63) is 17.5 Å². The standard InChI is InChI=1S/C10H14ClN3O2/c1-2-16-5-3-4-10(15)14-9-7-12-8(11)6-13-9/h6-7H,2-5H2,1H3,(H,13,14,15). The van der Waals surface area contributed by atoms with Gasteiger partial charge < -0.3 is 10.1 Å². The molecule has 0 radical (unpaired) electrons. The summed E-state index contributed by atoms with van der Waals surface area (Å²) in [4.78, 5) is 19.1. The fourth-order valence-electron chi connectivity index (χ4n) is 1.06. The third-order valence-corrected chi connectivity index (χ3v) is 1.98. The maximum Gasteiger partial charge on any atom is 0.225 e. The lowest BCUT2D eigenvalue weighted by Gasteiger charge is -2.03. The molecule has 1 aromatic heterocycles. The Kier molecular flexibility index (Phi) is 5.74. The summed E-state index contributed by atoms with van der Waals surface area (Å²) in [5, 5.41) is 2.92. The van der Waals surface area contributed by atoms with Crippen molar-refractivity contribution < 1.29 is 9.53 Å². The molecule has 0 aromatic carbocycles. The Morgan fingerprint density at radius 3 is 2.94 bits per heavy atom. The smallest absolute Gasteiger partial charge is 0.225 e. The van der Waals surface area contributed by atoms with Crippen LogP contribution < -0.4 is 5.32 Å². The molecule has 1 heterocycles. The number of hydrogen-bond donors (Lipinski definition) is 1. The zero-order valence-corrected chi connectivity index (χ0v) is 9.83. The highest BCUT2D eigenvalue weighted by Crippen LogP contribution is 2.05. The zero-order chi connectivity index (χ0) is 11.8. The van der Waals surface area contributed by atoms with Gasteiger partial charge in [0.15, 0.2) is 5.82 Å². The van der Waals surface area contributed by atoms with Crippen LogP contribution >= 0.6 is 11.6 Å². The van der Waals surface area contributed by atoms with Gasteiger partial charge in [-0.25, -0.2) is 9.97 Å². The van der Waals surface area contributed by atoms with E-state index in [9.17, 15) is 4.79 Å². The summed E-state index contributed by atoms with van der Waals surface area (Å²) in [6, 6.07) is 0. The molecule has 0 fully saturated rings. The van der Waals surface area contributed by atoms with E-state index in [4.69, 9.17) is 16.3 Å². The van der Waals surface area contributed by atoms with Crippen molar-refractivity contribution >= 4 is 23.3 Å². The Labute approximate surface area is 99.2 Å². The molecular formula is C10H14ClN3O2. The third kappa shape index (κ3) is 5.04. The number of nitrogens with zero attached hydrogens (tertiary/aromatic N) is 2. The van der Waals surface area contributed by atoms with Gasteiger partial charge in [0.2, 0.25) is 5.91 Å². The van der Waals surface area contributed by atoms with Crippen LogP contribution in [0.1, 0.15) is 19.8 Å². The van der Waals surface area contributed by atoms with Crippen LogP contribution in [0.5, 0.6) is 0 Å². The first-order chi connectivity index (χ1) is 7.72. The molecule has 1 rings (SSSR count). The first-order valence-corrected chi connectivity index (χ1v) is 5.45. The Balaban J connectivity index is 2.26. The molecule has 0 spiro atoms. The molecule has 6 heteroatoms. The predicted molar refractivity (Wildman–Crippen MR) is 61.4 cm³/mol. The van der Waals surface area contributed by atoms with Gasteiger partial charge in [-0.2, -0.15) is 0 Å². The van der Waals surface area contributed by atoms with Crippen molar-refractivity contribution in [2.75, 3.05) is 18.5 Å². The summed E-state index contributed by atoms with van der Waals surface area (Å²) in [5.74, 6) is 0.308. The van der Waals surface area contributed by atoms with Crippen LogP contribution in [0.4, 0.5) is 5.82 Å². The van der Waals surface area contributed by atoms with Gasteiger partial charge in [0.1, 0.15) is 5.15 Å². The summed E-state index contributed by atoms with van der Waals surface area (Å²) in [6.45, 7) is 3.18. The summed E-state index contributed by atoms with van der Waals surface area (Å²) < 4.78 is 5.12. The molecule has 1 aromatic rings. The van der Waals surface area contributed by atoms with E-state index in [1.54, 1.807) is 0 Å². The fourth-order valence-corrected chi connectivity index (χ4v) is 1.16. The molecule has 1 N–H and O–H groups in total. The summed E-state index contributed by atoms with van der Waals surface area (Å²) in [5.41, 5.74) is 0. The minimum Gasteiger partial charge on any atom is -0.382 e. The van der Waals surface area contributed by atoms with Gasteiger partial charge >= 0.3 is 0 Å². The summed E-state index contributed by atoms with van der Waals surface area (Å²) in [7, 11) is 0. The third-order valence-electron chi connectivity index (χ3n) is 1.78. The van der Waals surface area contributed by atoms with Gasteiger partial charge in [0.25, 0.3) is 0 Å². The second-order valence-electron chi connectivity index (χ2n) is 3.07. The highest BCUT2D eigenvalue weighted by molar-refractivity contribution is 6.29. The average molecular weight is 244 g/mol. The van der Waals surface area contributed by atoms with Crippen molar-refractivity contribution in [3.8, 4) is 0 Å². The summed E-state index contributed by atoms with van der Waals surface area (Å²) in [6.07, 6.45) is 3.91. The number of aromatic nitrogens is 2. The molecule has 0 aliphatic heterocycles. The average Bonchev–Trinajstić information content (AvgIpc) is 2.28. The van der Waals surface area contributed by atoms with Gasteiger partial charge in [-0.1, -0.05) is 11.6 Å². The highest BCUT2D eigenvalue weighted by Gasteiger charge is 2.03. The molecule has 88 valence electrons. The quantitative estimate of drug-likeness (QED) is 0.775. The maximum atomic E-state index is 11.4. The van der Waals surface area contributed by atoms with E-state index in [2.05, 4.69) is 15.3 Å². The molecule has 1 amide bonds. The molecule has 0 aliphatic rings. The van der Waals surface area contributed by atoms with Crippen molar-refractivity contribution in [3.63, 3.8) is 0 Å². The normalized spacial score (nSPS) is 10.1. The van der Waals surface area contributed by atoms with Crippen molar-refractivity contribution in [2.24, 2.45) is 0 Å². The fraction of sp³-hybridized carbons (Fsp3) is 0.500. The zero-order valence-electron chi connectivity index (χ0n) is 9.07. The maximum absolute atomic E-state index is 11.4. The first kappa shape index (κ1) is 12.9. The molecule has 5 nitrogen and oxygen atoms in total. The Hall–Kier alpha value is -1.20. The lowest BCUT2D eigenvalue weighted by Crippen LogP contribution is -2.13. The van der Waals surface area contributed by atoms with Crippen LogP contribution in [-0.4, -0.2) is 29.1 Å². The lowest BCUT2D eigenvalue weighted by molar-refractivity contribution is -0.116. The van der Waals surface area contributed by atoms with Gasteiger partial charge in [-0.05, 0) is 13.3 Å². The number of nitrogens with one attached hydrogen (secondary N) is 1. The van der Waals surface area contributed by atoms with Crippen LogP contribution in [0.3, 0.4) is 0 Å². The molecule has 0 bridgehead atoms. The van der Waals surface area contributed by atoms with Gasteiger partial charge in [0, 0.05) is 19.6 Å². The van der Waals surface area contributed by atoms with Gasteiger partial charge in [0.05, 0.1) is 12.4 Å². The SMILES string of the molecule is CCOCCCC(=O)Nc1cnc(Cl)cn1. The van der Waals surface area contributed by atoms with E-state index in [-0.39, 0.29) is 5.91 Å². The van der Waals surface area contributed by atoms with E-state index in [1.165, 1.54) is 12.4 Å². The Bertz CT molecular complexity index is 329. The number of hydrogen-bond acceptors (Lipinski definition) is 4. The number of halogens is 1. The van der Waals surface area contributed by atoms with E-state index < -0.39 is 0 Å². The summed E-state index contributed by atoms with van der Waals surface area (Å²) >= 11 is 5.56. The minimum atomic E-state index is -0.101. The van der Waals surface area contributed by atoms with Crippen LogP contribution in [-0.2, 0) is 9.53 Å². The van der Waals surface area contributed by atoms with Crippen molar-refractivity contribution in [1.29, 1.82) is 0 Å². The van der Waals surface area contributed by atoms with E-state index in [0.29, 0.717) is 37.0 Å². The monoisotopic (exact) mass is 243 g/mol. The largest absolute Gasteiger partial charge is 0.382 e. The van der Waals surface area contributed by atoms with Crippen molar-refractivity contribution in [1.82, 2.24) is 9.97 Å². The lowest BCUT2D eigenvalue weighted by atomic mass is 10.3. The van der Waals surface area contributed by atoms with Crippen LogP contribution in [0, 0.1) is 0 Å². The van der Waals surface area contributed by atoms with Crippen LogP contribution in [0.2, 0.25) is 5.15 Å². The van der Waals surface area contributed by atoms with Gasteiger partial charge in [-0.15, -0.1) is 0 Å². The Morgan fingerprint density at radius 2 is 2.31 bits per heavy atom. The predicted octanol–water partition coefficient (Wildman–Crippen LogP) is 1.89. The van der Waals surface area contributed by atoms with E-state index in [1.807, 2.05) is 6.92 Å². The van der Waals surface area contributed by atoms with Crippen molar-refractivity contribution in [2.45, 2.75) is 19.8 Å². The number of anilines is 1. The highest BCUT2D eigenvalue weighted by atomic mass is 35.5. The molecule has 0 unspecified atom stereocenters. The number of ether oxygens (including phenoxy) is 1. The minimum absolute atomic E-state index is 0.101. The molecular weight excluding hydrogens is 230 g/mol. The number of amides is 1. The molecule has 16 heavy (non-hydrogen) atoms. The second-order valence-corrected chi connectivity index (χ2v) is 3.46. The van der Waals surface area contributed by atoms with Crippen LogP contribution in [0.25, 0.3) is 0 Å². The second kappa shape index (κ2) is 7.14. The molecule has 0 saturated heterocycles. The van der Waals surface area contributed by atoms with Gasteiger partial charge in [-0.3, -0.25) is 4.79 Å². The van der Waals surface area contributed by atoms with E-state index in [0.717, 1.165) is 0 Å². The molecule has 0 atom stereocenters. The number of rotatable bonds is 6. The number of carbonyl (C=O) groups is 1. The Morgan fingerprint density at radius 1 is 1.50 bits per heavy atom. The topological polar surface area (TPSA) is 64.1 Å². The first-order valence-electron chi connectivity index (χ1n) is 5.07. The van der Waals surface area contributed by atoms with E-state index >= 15 is 0 Å².